The van der Waals surface area contributed by atoms with Crippen LogP contribution in [-0.2, 0) is 6.42 Å². The number of aromatic amines is 1. The van der Waals surface area contributed by atoms with Crippen molar-refractivity contribution in [1.29, 1.82) is 0 Å². The average Bonchev–Trinajstić information content (AvgIpc) is 2.74. The minimum absolute atomic E-state index is 0.156. The van der Waals surface area contributed by atoms with E-state index in [-0.39, 0.29) is 6.04 Å². The van der Waals surface area contributed by atoms with E-state index in [9.17, 15) is 0 Å². The molecule has 3 nitrogen and oxygen atoms in total. The molecule has 2 rings (SSSR count). The van der Waals surface area contributed by atoms with Crippen LogP contribution in [0.5, 0.6) is 0 Å². The number of halogens is 2. The predicted molar refractivity (Wildman–Crippen MR) is 68.4 cm³/mol. The molecule has 3 N–H and O–H groups in total. The molecule has 84 valence electrons. The molecule has 2 aromatic rings. The molecule has 0 saturated heterocycles. The zero-order valence-corrected chi connectivity index (χ0v) is 10.8. The number of rotatable bonds is 3. The summed E-state index contributed by atoms with van der Waals surface area (Å²) in [6.45, 7) is 0. The van der Waals surface area contributed by atoms with E-state index in [2.05, 4.69) is 25.9 Å². The van der Waals surface area contributed by atoms with Crippen molar-refractivity contribution in [2.24, 2.45) is 5.73 Å². The highest BCUT2D eigenvalue weighted by atomic mass is 79.9. The van der Waals surface area contributed by atoms with Gasteiger partial charge in [0.05, 0.1) is 0 Å². The third-order valence-electron chi connectivity index (χ3n) is 2.33. The molecular weight excluding hydrogens is 289 g/mol. The highest BCUT2D eigenvalue weighted by molar-refractivity contribution is 9.10. The van der Waals surface area contributed by atoms with Gasteiger partial charge in [0.1, 0.15) is 5.82 Å². The molecule has 0 bridgehead atoms. The van der Waals surface area contributed by atoms with Crippen molar-refractivity contribution in [1.82, 2.24) is 9.97 Å². The van der Waals surface area contributed by atoms with Gasteiger partial charge in [-0.05, 0) is 23.8 Å². The van der Waals surface area contributed by atoms with E-state index >= 15 is 0 Å². The highest BCUT2D eigenvalue weighted by Gasteiger charge is 2.12. The number of aromatic nitrogens is 2. The molecule has 1 heterocycles. The molecule has 0 aliphatic rings. The molecule has 0 spiro atoms. The molecule has 0 fully saturated rings. The quantitative estimate of drug-likeness (QED) is 0.915. The van der Waals surface area contributed by atoms with Crippen molar-refractivity contribution in [2.45, 2.75) is 12.5 Å². The summed E-state index contributed by atoms with van der Waals surface area (Å²) < 4.78 is 0.974. The Bertz CT molecular complexity index is 470. The lowest BCUT2D eigenvalue weighted by Gasteiger charge is -2.12. The maximum Gasteiger partial charge on any atom is 0.107 e. The number of benzene rings is 1. The Morgan fingerprint density at radius 3 is 3.00 bits per heavy atom. The van der Waals surface area contributed by atoms with Crippen LogP contribution in [0.1, 0.15) is 17.4 Å². The van der Waals surface area contributed by atoms with Crippen LogP contribution in [0.4, 0.5) is 0 Å². The maximum atomic E-state index is 6.10. The van der Waals surface area contributed by atoms with Crippen molar-refractivity contribution in [3.8, 4) is 0 Å². The van der Waals surface area contributed by atoms with Crippen molar-refractivity contribution in [3.05, 3.63) is 51.5 Å². The molecule has 0 saturated carbocycles. The van der Waals surface area contributed by atoms with Crippen molar-refractivity contribution >= 4 is 27.5 Å². The fourth-order valence-electron chi connectivity index (χ4n) is 1.53. The maximum absolute atomic E-state index is 6.10. The second kappa shape index (κ2) is 4.99. The van der Waals surface area contributed by atoms with Gasteiger partial charge in [-0.3, -0.25) is 0 Å². The largest absolute Gasteiger partial charge is 0.349 e. The van der Waals surface area contributed by atoms with Gasteiger partial charge in [-0.15, -0.1) is 0 Å². The Balaban J connectivity index is 2.20. The van der Waals surface area contributed by atoms with Crippen LogP contribution >= 0.6 is 27.5 Å². The van der Waals surface area contributed by atoms with Crippen LogP contribution in [0.15, 0.2) is 35.1 Å². The monoisotopic (exact) mass is 299 g/mol. The third-order valence-corrected chi connectivity index (χ3v) is 3.16. The number of nitrogens with zero attached hydrogens (tertiary/aromatic N) is 1. The first-order valence-electron chi connectivity index (χ1n) is 4.85. The summed E-state index contributed by atoms with van der Waals surface area (Å²) in [6, 6.07) is 5.51. The molecule has 1 atom stereocenters. The molecule has 1 aromatic carbocycles. The molecule has 1 aromatic heterocycles. The molecule has 16 heavy (non-hydrogen) atoms. The summed E-state index contributed by atoms with van der Waals surface area (Å²) in [5.74, 6) is 0.864. The van der Waals surface area contributed by atoms with Crippen LogP contribution in [0, 0.1) is 0 Å². The van der Waals surface area contributed by atoms with Crippen LogP contribution in [0.25, 0.3) is 0 Å². The minimum atomic E-state index is -0.156. The van der Waals surface area contributed by atoms with Gasteiger partial charge >= 0.3 is 0 Å². The Morgan fingerprint density at radius 2 is 2.31 bits per heavy atom. The summed E-state index contributed by atoms with van der Waals surface area (Å²) in [5.41, 5.74) is 7.01. The fraction of sp³-hybridized carbons (Fsp3) is 0.182. The lowest BCUT2D eigenvalue weighted by atomic mass is 10.0. The Kier molecular flexibility index (Phi) is 3.63. The van der Waals surface area contributed by atoms with E-state index < -0.39 is 0 Å². The van der Waals surface area contributed by atoms with Crippen LogP contribution < -0.4 is 5.73 Å². The van der Waals surface area contributed by atoms with Gasteiger partial charge < -0.3 is 10.7 Å². The fourth-order valence-corrected chi connectivity index (χ4v) is 2.16. The number of nitrogens with two attached hydrogens (primary N) is 1. The van der Waals surface area contributed by atoms with E-state index in [4.69, 9.17) is 17.3 Å². The van der Waals surface area contributed by atoms with Gasteiger partial charge in [0.15, 0.2) is 0 Å². The molecular formula is C11H11BrClN3. The minimum Gasteiger partial charge on any atom is -0.349 e. The van der Waals surface area contributed by atoms with Gasteiger partial charge in [0.25, 0.3) is 0 Å². The van der Waals surface area contributed by atoms with Crippen LogP contribution in [0.2, 0.25) is 5.02 Å². The molecule has 0 amide bonds. The van der Waals surface area contributed by atoms with Gasteiger partial charge in [-0.25, -0.2) is 4.98 Å². The summed E-state index contributed by atoms with van der Waals surface area (Å²) in [6.07, 6.45) is 4.14. The Morgan fingerprint density at radius 1 is 1.50 bits per heavy atom. The zero-order chi connectivity index (χ0) is 11.5. The smallest absolute Gasteiger partial charge is 0.107 e. The number of nitrogens with one attached hydrogen (secondary N) is 1. The zero-order valence-electron chi connectivity index (χ0n) is 8.45. The van der Waals surface area contributed by atoms with Crippen molar-refractivity contribution in [3.63, 3.8) is 0 Å². The summed E-state index contributed by atoms with van der Waals surface area (Å²) in [7, 11) is 0. The molecule has 5 heteroatoms. The van der Waals surface area contributed by atoms with Crippen LogP contribution in [0.3, 0.4) is 0 Å². The highest BCUT2D eigenvalue weighted by Crippen LogP contribution is 2.26. The summed E-state index contributed by atoms with van der Waals surface area (Å²) >= 11 is 9.50. The summed E-state index contributed by atoms with van der Waals surface area (Å²) in [5, 5.41) is 0.683. The van der Waals surface area contributed by atoms with Crippen molar-refractivity contribution < 1.29 is 0 Å². The standard InChI is InChI=1S/C11H11BrClN3/c12-7-1-2-9(13)8(5-7)10(14)6-11-15-3-4-16-11/h1-5,10H,6,14H2,(H,15,16). The molecule has 0 radical (unpaired) electrons. The normalized spacial score (nSPS) is 12.7. The van der Waals surface area contributed by atoms with Gasteiger partial charge in [0, 0.05) is 34.4 Å². The molecule has 1 unspecified atom stereocenters. The van der Waals surface area contributed by atoms with E-state index in [1.165, 1.54) is 0 Å². The molecule has 0 aliphatic carbocycles. The van der Waals surface area contributed by atoms with E-state index in [1.807, 2.05) is 18.2 Å². The number of hydrogen-bond acceptors (Lipinski definition) is 2. The third kappa shape index (κ3) is 2.64. The summed E-state index contributed by atoms with van der Waals surface area (Å²) in [4.78, 5) is 7.17. The van der Waals surface area contributed by atoms with E-state index in [0.29, 0.717) is 11.4 Å². The van der Waals surface area contributed by atoms with E-state index in [0.717, 1.165) is 15.9 Å². The SMILES string of the molecule is NC(Cc1ncc[nH]1)c1cc(Br)ccc1Cl. The van der Waals surface area contributed by atoms with E-state index in [1.54, 1.807) is 12.4 Å². The number of H-pyrrole nitrogens is 1. The first-order chi connectivity index (χ1) is 7.66. The Labute approximate surface area is 107 Å². The lowest BCUT2D eigenvalue weighted by molar-refractivity contribution is 0.694. The van der Waals surface area contributed by atoms with Gasteiger partial charge in [-0.1, -0.05) is 27.5 Å². The van der Waals surface area contributed by atoms with Gasteiger partial charge in [-0.2, -0.15) is 0 Å². The van der Waals surface area contributed by atoms with Gasteiger partial charge in [0.2, 0.25) is 0 Å². The first-order valence-corrected chi connectivity index (χ1v) is 6.02. The lowest BCUT2D eigenvalue weighted by Crippen LogP contribution is -2.14. The number of imidazole rings is 1. The second-order valence-corrected chi connectivity index (χ2v) is 4.84. The first kappa shape index (κ1) is 11.6. The Hall–Kier alpha value is -0.840. The van der Waals surface area contributed by atoms with Crippen LogP contribution in [-0.4, -0.2) is 9.97 Å². The topological polar surface area (TPSA) is 54.7 Å². The van der Waals surface area contributed by atoms with Crippen molar-refractivity contribution in [2.75, 3.05) is 0 Å². The average molecular weight is 301 g/mol. The number of hydrogen-bond donors (Lipinski definition) is 2. The molecule has 0 aliphatic heterocycles. The predicted octanol–water partition coefficient (Wildman–Crippen LogP) is 3.07. The second-order valence-electron chi connectivity index (χ2n) is 3.51.